The first kappa shape index (κ1) is 12.0. The summed E-state index contributed by atoms with van der Waals surface area (Å²) < 4.78 is 0. The number of hydrogen-bond acceptors (Lipinski definition) is 2. The van der Waals surface area contributed by atoms with Crippen LogP contribution in [-0.2, 0) is 6.42 Å². The van der Waals surface area contributed by atoms with E-state index >= 15 is 0 Å². The maximum Gasteiger partial charge on any atom is 0.189 e. The minimum Gasteiger partial charge on any atom is -0.508 e. The van der Waals surface area contributed by atoms with Gasteiger partial charge < -0.3 is 5.11 Å². The molecule has 0 atom stereocenters. The largest absolute Gasteiger partial charge is 0.508 e. The molecule has 2 aromatic carbocycles. The summed E-state index contributed by atoms with van der Waals surface area (Å²) in [7, 11) is 0. The lowest BCUT2D eigenvalue weighted by atomic mass is 10.1. The van der Waals surface area contributed by atoms with Gasteiger partial charge in [0.15, 0.2) is 5.78 Å². The Balaban J connectivity index is 2.05. The number of phenols is 1. The van der Waals surface area contributed by atoms with Crippen molar-refractivity contribution in [3.63, 3.8) is 0 Å². The maximum absolute atomic E-state index is 12.2. The number of phenolic OH excluding ortho intramolecular Hbond substituents is 1. The molecule has 0 fully saturated rings. The van der Waals surface area contributed by atoms with Gasteiger partial charge in [0.25, 0.3) is 0 Å². The van der Waals surface area contributed by atoms with Gasteiger partial charge in [0, 0.05) is 28.1 Å². The molecule has 0 radical (unpaired) electrons. The van der Waals surface area contributed by atoms with Crippen LogP contribution in [0.1, 0.15) is 21.5 Å². The molecule has 0 unspecified atom stereocenters. The third-order valence-electron chi connectivity index (χ3n) is 3.29. The van der Waals surface area contributed by atoms with Gasteiger partial charge in [-0.2, -0.15) is 0 Å². The van der Waals surface area contributed by atoms with Gasteiger partial charge in [-0.1, -0.05) is 41.9 Å². The fourth-order valence-corrected chi connectivity index (χ4v) is 2.50. The van der Waals surface area contributed by atoms with E-state index in [9.17, 15) is 9.90 Å². The molecule has 0 amide bonds. The summed E-state index contributed by atoms with van der Waals surface area (Å²) in [5, 5.41) is 10.4. The zero-order valence-corrected chi connectivity index (χ0v) is 10.8. The molecular weight excluding hydrogens is 260 g/mol. The average molecular weight is 271 g/mol. The number of ketones is 1. The van der Waals surface area contributed by atoms with Gasteiger partial charge in [0.2, 0.25) is 0 Å². The lowest BCUT2D eigenvalue weighted by Gasteiger charge is -1.99. The molecule has 0 saturated carbocycles. The van der Waals surface area contributed by atoms with E-state index in [0.717, 1.165) is 5.56 Å². The first-order chi connectivity index (χ1) is 9.16. The topological polar surface area (TPSA) is 37.3 Å². The molecule has 3 heteroatoms. The first-order valence-corrected chi connectivity index (χ1v) is 6.35. The van der Waals surface area contributed by atoms with Crippen molar-refractivity contribution in [1.29, 1.82) is 0 Å². The van der Waals surface area contributed by atoms with Crippen molar-refractivity contribution in [2.24, 2.45) is 0 Å². The van der Waals surface area contributed by atoms with Crippen LogP contribution >= 0.6 is 11.6 Å². The third-order valence-corrected chi connectivity index (χ3v) is 3.63. The Morgan fingerprint density at radius 2 is 1.89 bits per heavy atom. The SMILES string of the molecule is O=C1C(=Cc2ccccc2Cl)Cc2c(O)cccc21. The second-order valence-electron chi connectivity index (χ2n) is 4.50. The van der Waals surface area contributed by atoms with Crippen molar-refractivity contribution in [2.45, 2.75) is 6.42 Å². The highest BCUT2D eigenvalue weighted by Gasteiger charge is 2.26. The zero-order chi connectivity index (χ0) is 13.4. The predicted molar refractivity (Wildman–Crippen MR) is 75.6 cm³/mol. The Bertz CT molecular complexity index is 702. The molecule has 0 aliphatic heterocycles. The van der Waals surface area contributed by atoms with Crippen LogP contribution in [0.15, 0.2) is 48.0 Å². The molecular formula is C16H11ClO2. The second kappa shape index (κ2) is 4.56. The van der Waals surface area contributed by atoms with Crippen LogP contribution in [0.5, 0.6) is 5.75 Å². The Morgan fingerprint density at radius 3 is 2.63 bits per heavy atom. The number of carbonyl (C=O) groups excluding carboxylic acids is 1. The predicted octanol–water partition coefficient (Wildman–Crippen LogP) is 3.87. The molecule has 0 saturated heterocycles. The molecule has 2 aromatic rings. The van der Waals surface area contributed by atoms with E-state index in [2.05, 4.69) is 0 Å². The maximum atomic E-state index is 12.2. The number of carbonyl (C=O) groups is 1. The summed E-state index contributed by atoms with van der Waals surface area (Å²) in [4.78, 5) is 12.2. The van der Waals surface area contributed by atoms with Gasteiger partial charge in [-0.3, -0.25) is 4.79 Å². The van der Waals surface area contributed by atoms with E-state index in [1.54, 1.807) is 30.3 Å². The van der Waals surface area contributed by atoms with Gasteiger partial charge >= 0.3 is 0 Å². The van der Waals surface area contributed by atoms with Crippen LogP contribution in [0.25, 0.3) is 6.08 Å². The normalized spacial score (nSPS) is 15.8. The molecule has 1 aliphatic carbocycles. The summed E-state index contributed by atoms with van der Waals surface area (Å²) in [5.41, 5.74) is 2.76. The van der Waals surface area contributed by atoms with E-state index in [1.807, 2.05) is 18.2 Å². The van der Waals surface area contributed by atoms with Crippen LogP contribution in [0, 0.1) is 0 Å². The van der Waals surface area contributed by atoms with Crippen molar-refractivity contribution in [3.05, 3.63) is 69.8 Å². The molecule has 3 rings (SSSR count). The Kier molecular flexibility index (Phi) is 2.88. The van der Waals surface area contributed by atoms with Crippen molar-refractivity contribution >= 4 is 23.5 Å². The van der Waals surface area contributed by atoms with Gasteiger partial charge in [-0.25, -0.2) is 0 Å². The van der Waals surface area contributed by atoms with E-state index < -0.39 is 0 Å². The van der Waals surface area contributed by atoms with Crippen LogP contribution < -0.4 is 0 Å². The molecule has 19 heavy (non-hydrogen) atoms. The highest BCUT2D eigenvalue weighted by Crippen LogP contribution is 2.34. The molecule has 0 bridgehead atoms. The van der Waals surface area contributed by atoms with Crippen molar-refractivity contribution in [1.82, 2.24) is 0 Å². The zero-order valence-electron chi connectivity index (χ0n) is 10.1. The van der Waals surface area contributed by atoms with Gasteiger partial charge in [0.1, 0.15) is 5.75 Å². The summed E-state index contributed by atoms with van der Waals surface area (Å²) in [6.45, 7) is 0. The minimum atomic E-state index is -0.0363. The number of aromatic hydroxyl groups is 1. The minimum absolute atomic E-state index is 0.0363. The highest BCUT2D eigenvalue weighted by atomic mass is 35.5. The second-order valence-corrected chi connectivity index (χ2v) is 4.91. The quantitative estimate of drug-likeness (QED) is 0.799. The molecule has 94 valence electrons. The highest BCUT2D eigenvalue weighted by molar-refractivity contribution is 6.32. The molecule has 0 aromatic heterocycles. The molecule has 0 spiro atoms. The molecule has 0 heterocycles. The summed E-state index contributed by atoms with van der Waals surface area (Å²) in [5.74, 6) is 0.138. The fourth-order valence-electron chi connectivity index (χ4n) is 2.31. The fraction of sp³-hybridized carbons (Fsp3) is 0.0625. The first-order valence-electron chi connectivity index (χ1n) is 5.97. The van der Waals surface area contributed by atoms with Crippen molar-refractivity contribution in [3.8, 4) is 5.75 Å². The van der Waals surface area contributed by atoms with Crippen LogP contribution in [0.4, 0.5) is 0 Å². The number of fused-ring (bicyclic) bond motifs is 1. The standard InChI is InChI=1S/C16H11ClO2/c17-14-6-2-1-4-10(14)8-11-9-13-12(16(11)19)5-3-7-15(13)18/h1-8,18H,9H2. The number of hydrogen-bond donors (Lipinski definition) is 1. The summed E-state index contributed by atoms with van der Waals surface area (Å²) >= 11 is 6.09. The van der Waals surface area contributed by atoms with Crippen LogP contribution in [-0.4, -0.2) is 10.9 Å². The van der Waals surface area contributed by atoms with Crippen LogP contribution in [0.2, 0.25) is 5.02 Å². The summed E-state index contributed by atoms with van der Waals surface area (Å²) in [6, 6.07) is 12.4. The Hall–Kier alpha value is -2.06. The monoisotopic (exact) mass is 270 g/mol. The lowest BCUT2D eigenvalue weighted by Crippen LogP contribution is -1.95. The van der Waals surface area contributed by atoms with Crippen molar-refractivity contribution in [2.75, 3.05) is 0 Å². The van der Waals surface area contributed by atoms with E-state index in [1.165, 1.54) is 0 Å². The molecule has 1 aliphatic rings. The number of halogens is 1. The van der Waals surface area contributed by atoms with Gasteiger partial charge in [0.05, 0.1) is 0 Å². The lowest BCUT2D eigenvalue weighted by molar-refractivity contribution is 0.104. The smallest absolute Gasteiger partial charge is 0.189 e. The number of rotatable bonds is 1. The van der Waals surface area contributed by atoms with Gasteiger partial charge in [-0.05, 0) is 23.8 Å². The average Bonchev–Trinajstić information content (AvgIpc) is 2.72. The van der Waals surface area contributed by atoms with E-state index in [0.29, 0.717) is 28.1 Å². The molecule has 2 nitrogen and oxygen atoms in total. The number of Topliss-reactive ketones (excluding diaryl/α,β-unsaturated/α-hetero) is 1. The number of allylic oxidation sites excluding steroid dienone is 1. The van der Waals surface area contributed by atoms with Crippen molar-refractivity contribution < 1.29 is 9.90 Å². The van der Waals surface area contributed by atoms with Crippen LogP contribution in [0.3, 0.4) is 0 Å². The number of benzene rings is 2. The van der Waals surface area contributed by atoms with E-state index in [4.69, 9.17) is 11.6 Å². The molecule has 1 N–H and O–H groups in total. The van der Waals surface area contributed by atoms with E-state index in [-0.39, 0.29) is 11.5 Å². The third kappa shape index (κ3) is 2.04. The Morgan fingerprint density at radius 1 is 1.11 bits per heavy atom. The Labute approximate surface area is 116 Å². The summed E-state index contributed by atoms with van der Waals surface area (Å²) in [6.07, 6.45) is 2.25. The van der Waals surface area contributed by atoms with Gasteiger partial charge in [-0.15, -0.1) is 0 Å².